The van der Waals surface area contributed by atoms with Crippen LogP contribution in [0.5, 0.6) is 5.75 Å². The molecule has 0 saturated carbocycles. The number of nitrogen functional groups attached to an aromatic ring is 1. The first-order valence-corrected chi connectivity index (χ1v) is 5.92. The van der Waals surface area contributed by atoms with Gasteiger partial charge in [-0.05, 0) is 18.6 Å². The Morgan fingerprint density at radius 2 is 2.06 bits per heavy atom. The minimum Gasteiger partial charge on any atom is -0.483 e. The third-order valence-electron chi connectivity index (χ3n) is 2.12. The van der Waals surface area contributed by atoms with Crippen molar-refractivity contribution in [2.75, 3.05) is 5.73 Å². The molecule has 1 aromatic carbocycles. The van der Waals surface area contributed by atoms with E-state index in [2.05, 4.69) is 10.2 Å². The van der Waals surface area contributed by atoms with Gasteiger partial charge in [-0.2, -0.15) is 0 Å². The van der Waals surface area contributed by atoms with Crippen molar-refractivity contribution < 1.29 is 4.74 Å². The summed E-state index contributed by atoms with van der Waals surface area (Å²) >= 11 is 1.37. The monoisotopic (exact) mass is 235 g/mol. The van der Waals surface area contributed by atoms with Gasteiger partial charge in [0.15, 0.2) is 11.1 Å². The van der Waals surface area contributed by atoms with Crippen LogP contribution in [0.15, 0.2) is 30.3 Å². The Morgan fingerprint density at radius 3 is 2.62 bits per heavy atom. The molecule has 0 radical (unpaired) electrons. The summed E-state index contributed by atoms with van der Waals surface area (Å²) in [6, 6.07) is 9.68. The summed E-state index contributed by atoms with van der Waals surface area (Å²) in [6.45, 7) is 2.05. The average Bonchev–Trinajstić information content (AvgIpc) is 2.74. The number of anilines is 1. The summed E-state index contributed by atoms with van der Waals surface area (Å²) in [7, 11) is 0. The molecular formula is C11H13N3OS. The normalized spacial score (nSPS) is 12.3. The van der Waals surface area contributed by atoms with Gasteiger partial charge >= 0.3 is 0 Å². The Balaban J connectivity index is 2.12. The highest BCUT2D eigenvalue weighted by Crippen LogP contribution is 2.27. The molecule has 0 aliphatic rings. The maximum absolute atomic E-state index is 5.82. The number of nitrogens with zero attached hydrogens (tertiary/aromatic N) is 2. The Morgan fingerprint density at radius 1 is 1.31 bits per heavy atom. The van der Waals surface area contributed by atoms with Crippen LogP contribution >= 0.6 is 11.3 Å². The number of ether oxygens (including phenoxy) is 1. The number of benzene rings is 1. The van der Waals surface area contributed by atoms with Crippen molar-refractivity contribution in [1.82, 2.24) is 10.2 Å². The fourth-order valence-electron chi connectivity index (χ4n) is 1.35. The van der Waals surface area contributed by atoms with Gasteiger partial charge in [0.05, 0.1) is 0 Å². The number of hydrogen-bond acceptors (Lipinski definition) is 5. The van der Waals surface area contributed by atoms with E-state index < -0.39 is 0 Å². The molecule has 0 saturated heterocycles. The predicted molar refractivity (Wildman–Crippen MR) is 64.4 cm³/mol. The molecular weight excluding hydrogens is 222 g/mol. The smallest absolute Gasteiger partial charge is 0.203 e. The van der Waals surface area contributed by atoms with Crippen molar-refractivity contribution in [1.29, 1.82) is 0 Å². The molecule has 0 spiro atoms. The Bertz CT molecular complexity index is 444. The lowest BCUT2D eigenvalue weighted by Crippen LogP contribution is -2.05. The van der Waals surface area contributed by atoms with E-state index in [1.54, 1.807) is 0 Å². The summed E-state index contributed by atoms with van der Waals surface area (Å²) in [5.41, 5.74) is 5.55. The predicted octanol–water partition coefficient (Wildman–Crippen LogP) is 2.65. The fraction of sp³-hybridized carbons (Fsp3) is 0.273. The molecule has 0 fully saturated rings. The van der Waals surface area contributed by atoms with Gasteiger partial charge in [0.2, 0.25) is 5.13 Å². The molecule has 0 aliphatic carbocycles. The number of para-hydroxylation sites is 1. The topological polar surface area (TPSA) is 61.0 Å². The van der Waals surface area contributed by atoms with E-state index in [1.807, 2.05) is 37.3 Å². The van der Waals surface area contributed by atoms with Crippen molar-refractivity contribution in [2.45, 2.75) is 19.4 Å². The number of nitrogens with two attached hydrogens (primary N) is 1. The minimum absolute atomic E-state index is 0.0720. The molecule has 1 aromatic heterocycles. The van der Waals surface area contributed by atoms with Gasteiger partial charge in [-0.1, -0.05) is 36.5 Å². The summed E-state index contributed by atoms with van der Waals surface area (Å²) in [4.78, 5) is 0. The first-order valence-electron chi connectivity index (χ1n) is 5.10. The van der Waals surface area contributed by atoms with Crippen LogP contribution in [-0.2, 0) is 0 Å². The second-order valence-corrected chi connectivity index (χ2v) is 4.35. The van der Waals surface area contributed by atoms with E-state index in [1.165, 1.54) is 11.3 Å². The average molecular weight is 235 g/mol. The molecule has 1 unspecified atom stereocenters. The molecule has 4 nitrogen and oxygen atoms in total. The van der Waals surface area contributed by atoms with Crippen LogP contribution in [0.25, 0.3) is 0 Å². The van der Waals surface area contributed by atoms with Crippen LogP contribution < -0.4 is 10.5 Å². The van der Waals surface area contributed by atoms with Crippen LogP contribution in [0.3, 0.4) is 0 Å². The van der Waals surface area contributed by atoms with Crippen LogP contribution in [0.2, 0.25) is 0 Å². The molecule has 1 atom stereocenters. The lowest BCUT2D eigenvalue weighted by molar-refractivity contribution is 0.200. The lowest BCUT2D eigenvalue weighted by Gasteiger charge is -2.14. The summed E-state index contributed by atoms with van der Waals surface area (Å²) in [5.74, 6) is 0.836. The van der Waals surface area contributed by atoms with Gasteiger partial charge in [-0.15, -0.1) is 10.2 Å². The van der Waals surface area contributed by atoms with Gasteiger partial charge < -0.3 is 10.5 Å². The lowest BCUT2D eigenvalue weighted by atomic mass is 10.3. The molecule has 5 heteroatoms. The molecule has 84 valence electrons. The number of aromatic nitrogens is 2. The molecule has 0 amide bonds. The molecule has 2 aromatic rings. The van der Waals surface area contributed by atoms with Crippen LogP contribution in [0.4, 0.5) is 5.13 Å². The molecule has 0 bridgehead atoms. The zero-order valence-corrected chi connectivity index (χ0v) is 9.78. The maximum atomic E-state index is 5.82. The molecule has 16 heavy (non-hydrogen) atoms. The third kappa shape index (κ3) is 2.49. The van der Waals surface area contributed by atoms with E-state index in [0.29, 0.717) is 5.13 Å². The zero-order chi connectivity index (χ0) is 11.4. The van der Waals surface area contributed by atoms with Crippen molar-refractivity contribution in [2.24, 2.45) is 0 Å². The minimum atomic E-state index is -0.0720. The highest BCUT2D eigenvalue weighted by molar-refractivity contribution is 7.15. The summed E-state index contributed by atoms with van der Waals surface area (Å²) < 4.78 is 5.82. The highest BCUT2D eigenvalue weighted by atomic mass is 32.1. The second-order valence-electron chi connectivity index (χ2n) is 3.31. The summed E-state index contributed by atoms with van der Waals surface area (Å²) in [5, 5.41) is 9.09. The fourth-order valence-corrected chi connectivity index (χ4v) is 2.07. The van der Waals surface area contributed by atoms with E-state index >= 15 is 0 Å². The summed E-state index contributed by atoms with van der Waals surface area (Å²) in [6.07, 6.45) is 0.765. The van der Waals surface area contributed by atoms with Gasteiger partial charge in [-0.3, -0.25) is 0 Å². The largest absolute Gasteiger partial charge is 0.483 e. The quantitative estimate of drug-likeness (QED) is 0.885. The van der Waals surface area contributed by atoms with E-state index in [0.717, 1.165) is 17.2 Å². The second kappa shape index (κ2) is 4.94. The van der Waals surface area contributed by atoms with Crippen molar-refractivity contribution in [3.8, 4) is 5.75 Å². The molecule has 2 rings (SSSR count). The third-order valence-corrected chi connectivity index (χ3v) is 2.97. The Kier molecular flexibility index (Phi) is 3.36. The van der Waals surface area contributed by atoms with Crippen LogP contribution in [-0.4, -0.2) is 10.2 Å². The maximum Gasteiger partial charge on any atom is 0.203 e. The van der Waals surface area contributed by atoms with Crippen molar-refractivity contribution >= 4 is 16.5 Å². The Hall–Kier alpha value is -1.62. The SMILES string of the molecule is CCC(Oc1ccccc1)c1nnc(N)s1. The molecule has 1 heterocycles. The number of hydrogen-bond donors (Lipinski definition) is 1. The highest BCUT2D eigenvalue weighted by Gasteiger charge is 2.15. The van der Waals surface area contributed by atoms with Gasteiger partial charge in [0.25, 0.3) is 0 Å². The van der Waals surface area contributed by atoms with Crippen molar-refractivity contribution in [3.05, 3.63) is 35.3 Å². The molecule has 0 aliphatic heterocycles. The number of rotatable bonds is 4. The van der Waals surface area contributed by atoms with Crippen LogP contribution in [0, 0.1) is 0 Å². The first kappa shape index (κ1) is 10.9. The van der Waals surface area contributed by atoms with Gasteiger partial charge in [-0.25, -0.2) is 0 Å². The molecule has 2 N–H and O–H groups in total. The zero-order valence-electron chi connectivity index (χ0n) is 8.96. The van der Waals surface area contributed by atoms with Gasteiger partial charge in [0, 0.05) is 0 Å². The van der Waals surface area contributed by atoms with Gasteiger partial charge in [0.1, 0.15) is 5.75 Å². The Labute approximate surface area is 98.1 Å². The standard InChI is InChI=1S/C11H13N3OS/c1-2-9(10-13-14-11(12)16-10)15-8-6-4-3-5-7-8/h3-7,9H,2H2,1H3,(H2,12,14). The van der Waals surface area contributed by atoms with E-state index in [9.17, 15) is 0 Å². The van der Waals surface area contributed by atoms with E-state index in [4.69, 9.17) is 10.5 Å². The van der Waals surface area contributed by atoms with Crippen LogP contribution in [0.1, 0.15) is 24.5 Å². The first-order chi connectivity index (χ1) is 7.79. The van der Waals surface area contributed by atoms with E-state index in [-0.39, 0.29) is 6.10 Å². The van der Waals surface area contributed by atoms with Crippen molar-refractivity contribution in [3.63, 3.8) is 0 Å².